The van der Waals surface area contributed by atoms with Gasteiger partial charge in [0.05, 0.1) is 18.3 Å². The second-order valence-electron chi connectivity index (χ2n) is 5.86. The van der Waals surface area contributed by atoms with Gasteiger partial charge in [-0.15, -0.1) is 0 Å². The van der Waals surface area contributed by atoms with E-state index in [9.17, 15) is 4.79 Å². The zero-order valence-corrected chi connectivity index (χ0v) is 15.2. The zero-order valence-electron chi connectivity index (χ0n) is 14.4. The van der Waals surface area contributed by atoms with Crippen LogP contribution in [-0.4, -0.2) is 31.4 Å². The molecule has 0 spiro atoms. The van der Waals surface area contributed by atoms with Crippen LogP contribution < -0.4 is 10.1 Å². The molecule has 0 radical (unpaired) electrons. The molecule has 1 amide bonds. The predicted octanol–water partition coefficient (Wildman–Crippen LogP) is 2.74. The third-order valence-corrected chi connectivity index (χ3v) is 4.36. The molecule has 0 bridgehead atoms. The Labute approximate surface area is 158 Å². The number of rotatable bonds is 6. The molecule has 4 aromatic rings. The molecule has 2 aromatic carbocycles. The van der Waals surface area contributed by atoms with Crippen LogP contribution in [0.1, 0.15) is 11.4 Å². The van der Waals surface area contributed by atoms with Gasteiger partial charge >= 0.3 is 0 Å². The highest BCUT2D eigenvalue weighted by molar-refractivity contribution is 7.00. The van der Waals surface area contributed by atoms with Crippen molar-refractivity contribution >= 4 is 28.7 Å². The van der Waals surface area contributed by atoms with E-state index in [1.807, 2.05) is 31.2 Å². The molecule has 9 heteroatoms. The first-order valence-electron chi connectivity index (χ1n) is 8.19. The van der Waals surface area contributed by atoms with Gasteiger partial charge in [-0.05, 0) is 31.2 Å². The highest BCUT2D eigenvalue weighted by atomic mass is 32.1. The van der Waals surface area contributed by atoms with Gasteiger partial charge in [-0.1, -0.05) is 22.9 Å². The van der Waals surface area contributed by atoms with Gasteiger partial charge in [0.15, 0.2) is 12.4 Å². The van der Waals surface area contributed by atoms with E-state index in [0.29, 0.717) is 17.5 Å². The minimum Gasteiger partial charge on any atom is -0.484 e. The van der Waals surface area contributed by atoms with Crippen molar-refractivity contribution in [3.05, 3.63) is 53.9 Å². The largest absolute Gasteiger partial charge is 0.484 e. The molecule has 2 aromatic heterocycles. The quantitative estimate of drug-likeness (QED) is 0.548. The van der Waals surface area contributed by atoms with Crippen LogP contribution in [0, 0.1) is 6.92 Å². The molecule has 1 N–H and O–H groups in total. The third kappa shape index (κ3) is 4.09. The Morgan fingerprint density at radius 3 is 2.81 bits per heavy atom. The van der Waals surface area contributed by atoms with E-state index in [-0.39, 0.29) is 19.1 Å². The monoisotopic (exact) mass is 381 g/mol. The SMILES string of the molecule is Cc1ccc(-c2nc(CNC(=O)COc3ccc4nsnc4c3)no2)cc1. The molecule has 4 rings (SSSR count). The Balaban J connectivity index is 1.29. The van der Waals surface area contributed by atoms with E-state index in [1.165, 1.54) is 0 Å². The van der Waals surface area contributed by atoms with E-state index < -0.39 is 0 Å². The molecule has 8 nitrogen and oxygen atoms in total. The fourth-order valence-electron chi connectivity index (χ4n) is 2.37. The second kappa shape index (κ2) is 7.50. The van der Waals surface area contributed by atoms with Crippen molar-refractivity contribution in [2.45, 2.75) is 13.5 Å². The van der Waals surface area contributed by atoms with Gasteiger partial charge in [-0.2, -0.15) is 13.7 Å². The molecule has 27 heavy (non-hydrogen) atoms. The topological polar surface area (TPSA) is 103 Å². The van der Waals surface area contributed by atoms with E-state index in [1.54, 1.807) is 18.2 Å². The summed E-state index contributed by atoms with van der Waals surface area (Å²) in [6.45, 7) is 2.05. The summed E-state index contributed by atoms with van der Waals surface area (Å²) < 4.78 is 19.0. The summed E-state index contributed by atoms with van der Waals surface area (Å²) in [5.74, 6) is 1.09. The Hall–Kier alpha value is -3.33. The average Bonchev–Trinajstić information content (AvgIpc) is 3.34. The Morgan fingerprint density at radius 1 is 1.15 bits per heavy atom. The van der Waals surface area contributed by atoms with E-state index in [0.717, 1.165) is 33.9 Å². The van der Waals surface area contributed by atoms with Crippen molar-refractivity contribution in [1.29, 1.82) is 0 Å². The number of benzene rings is 2. The first kappa shape index (κ1) is 17.1. The summed E-state index contributed by atoms with van der Waals surface area (Å²) in [7, 11) is 0. The number of amides is 1. The number of nitrogens with one attached hydrogen (secondary N) is 1. The second-order valence-corrected chi connectivity index (χ2v) is 6.39. The van der Waals surface area contributed by atoms with Crippen molar-refractivity contribution in [1.82, 2.24) is 24.2 Å². The number of ether oxygens (including phenoxy) is 1. The van der Waals surface area contributed by atoms with Gasteiger partial charge in [-0.25, -0.2) is 0 Å². The number of nitrogens with zero attached hydrogens (tertiary/aromatic N) is 4. The van der Waals surface area contributed by atoms with E-state index in [4.69, 9.17) is 9.26 Å². The van der Waals surface area contributed by atoms with Crippen LogP contribution in [0.4, 0.5) is 0 Å². The maximum absolute atomic E-state index is 12.0. The Kier molecular flexibility index (Phi) is 4.75. The molecule has 0 aliphatic carbocycles. The minimum atomic E-state index is -0.284. The minimum absolute atomic E-state index is 0.119. The molecular weight excluding hydrogens is 366 g/mol. The summed E-state index contributed by atoms with van der Waals surface area (Å²) in [5, 5.41) is 6.58. The number of carbonyl (C=O) groups excluding carboxylic acids is 1. The molecule has 0 aliphatic heterocycles. The summed E-state index contributed by atoms with van der Waals surface area (Å²) in [6.07, 6.45) is 0. The van der Waals surface area contributed by atoms with Gasteiger partial charge in [-0.3, -0.25) is 4.79 Å². The van der Waals surface area contributed by atoms with Crippen LogP contribution in [0.2, 0.25) is 0 Å². The first-order valence-corrected chi connectivity index (χ1v) is 8.92. The Morgan fingerprint density at radius 2 is 1.96 bits per heavy atom. The standard InChI is InChI=1S/C18H15N5O3S/c1-11-2-4-12(5-3-11)18-20-16(21-26-18)9-19-17(24)10-25-13-6-7-14-15(8-13)23-27-22-14/h2-8H,9-10H2,1H3,(H,19,24). The number of hydrogen-bond donors (Lipinski definition) is 1. The van der Waals surface area contributed by atoms with E-state index in [2.05, 4.69) is 24.2 Å². The molecule has 2 heterocycles. The molecule has 0 fully saturated rings. The molecular formula is C18H15N5O3S. The van der Waals surface area contributed by atoms with Crippen molar-refractivity contribution in [3.8, 4) is 17.2 Å². The number of hydrogen-bond acceptors (Lipinski definition) is 8. The van der Waals surface area contributed by atoms with Crippen molar-refractivity contribution < 1.29 is 14.1 Å². The third-order valence-electron chi connectivity index (χ3n) is 3.81. The van der Waals surface area contributed by atoms with Crippen LogP contribution in [0.3, 0.4) is 0 Å². The smallest absolute Gasteiger partial charge is 0.258 e. The summed E-state index contributed by atoms with van der Waals surface area (Å²) >= 11 is 1.14. The van der Waals surface area contributed by atoms with Gasteiger partial charge in [0.25, 0.3) is 11.8 Å². The molecule has 0 saturated heterocycles. The van der Waals surface area contributed by atoms with Crippen molar-refractivity contribution in [2.24, 2.45) is 0 Å². The maximum Gasteiger partial charge on any atom is 0.258 e. The van der Waals surface area contributed by atoms with Crippen LogP contribution in [0.15, 0.2) is 47.0 Å². The van der Waals surface area contributed by atoms with Crippen molar-refractivity contribution in [2.75, 3.05) is 6.61 Å². The normalized spacial score (nSPS) is 10.9. The number of aryl methyl sites for hydroxylation is 1. The highest BCUT2D eigenvalue weighted by Crippen LogP contribution is 2.19. The van der Waals surface area contributed by atoms with Crippen LogP contribution in [0.5, 0.6) is 5.75 Å². The number of aromatic nitrogens is 4. The van der Waals surface area contributed by atoms with E-state index >= 15 is 0 Å². The molecule has 0 saturated carbocycles. The van der Waals surface area contributed by atoms with Crippen LogP contribution in [0.25, 0.3) is 22.5 Å². The average molecular weight is 381 g/mol. The zero-order chi connectivity index (χ0) is 18.6. The Bertz CT molecular complexity index is 1070. The fraction of sp³-hybridized carbons (Fsp3) is 0.167. The first-order chi connectivity index (χ1) is 13.2. The summed E-state index contributed by atoms with van der Waals surface area (Å²) in [4.78, 5) is 16.3. The maximum atomic E-state index is 12.0. The highest BCUT2D eigenvalue weighted by Gasteiger charge is 2.10. The lowest BCUT2D eigenvalue weighted by Gasteiger charge is -2.05. The lowest BCUT2D eigenvalue weighted by molar-refractivity contribution is -0.123. The van der Waals surface area contributed by atoms with Gasteiger partial charge in [0.2, 0.25) is 0 Å². The molecule has 0 atom stereocenters. The molecule has 0 aliphatic rings. The fourth-order valence-corrected chi connectivity index (χ4v) is 2.89. The van der Waals surface area contributed by atoms with Gasteiger partial charge < -0.3 is 14.6 Å². The van der Waals surface area contributed by atoms with Gasteiger partial charge in [0, 0.05) is 11.6 Å². The lowest BCUT2D eigenvalue weighted by Crippen LogP contribution is -2.28. The van der Waals surface area contributed by atoms with Crippen molar-refractivity contribution in [3.63, 3.8) is 0 Å². The summed E-state index contributed by atoms with van der Waals surface area (Å²) in [6, 6.07) is 13.1. The number of fused-ring (bicyclic) bond motifs is 1. The summed E-state index contributed by atoms with van der Waals surface area (Å²) in [5.41, 5.74) is 3.53. The van der Waals surface area contributed by atoms with Crippen LogP contribution in [-0.2, 0) is 11.3 Å². The van der Waals surface area contributed by atoms with Gasteiger partial charge in [0.1, 0.15) is 16.8 Å². The predicted molar refractivity (Wildman–Crippen MR) is 99.2 cm³/mol. The van der Waals surface area contributed by atoms with Crippen LogP contribution >= 0.6 is 11.7 Å². The number of carbonyl (C=O) groups is 1. The lowest BCUT2D eigenvalue weighted by atomic mass is 10.1. The molecule has 136 valence electrons. The molecule has 0 unspecified atom stereocenters.